The van der Waals surface area contributed by atoms with Crippen LogP contribution < -0.4 is 0 Å². The summed E-state index contributed by atoms with van der Waals surface area (Å²) in [4.78, 5) is 0. The van der Waals surface area contributed by atoms with Gasteiger partial charge in [0.25, 0.3) is 0 Å². The first-order valence-electron chi connectivity index (χ1n) is 5.85. The lowest BCUT2D eigenvalue weighted by atomic mass is 9.93. The van der Waals surface area contributed by atoms with Crippen LogP contribution in [0.4, 0.5) is 8.78 Å². The average Bonchev–Trinajstić information content (AvgIpc) is 2.39. The minimum atomic E-state index is -0.432. The normalized spacial score (nSPS) is 12.4. The SMILES string of the molecule is Fc1ccc(F)c(CC(CCl)c2cccc(Br)c2)c1. The van der Waals surface area contributed by atoms with Crippen LogP contribution in [-0.2, 0) is 6.42 Å². The third-order valence-corrected chi connectivity index (χ3v) is 3.85. The topological polar surface area (TPSA) is 0 Å². The molecule has 0 N–H and O–H groups in total. The summed E-state index contributed by atoms with van der Waals surface area (Å²) in [7, 11) is 0. The maximum Gasteiger partial charge on any atom is 0.126 e. The van der Waals surface area contributed by atoms with E-state index in [1.807, 2.05) is 24.3 Å². The van der Waals surface area contributed by atoms with E-state index in [1.165, 1.54) is 6.07 Å². The van der Waals surface area contributed by atoms with Gasteiger partial charge in [-0.25, -0.2) is 8.78 Å². The molecule has 1 atom stereocenters. The van der Waals surface area contributed by atoms with Crippen molar-refractivity contribution in [3.05, 3.63) is 69.7 Å². The van der Waals surface area contributed by atoms with Crippen molar-refractivity contribution in [3.63, 3.8) is 0 Å². The molecular formula is C15H12BrClF2. The van der Waals surface area contributed by atoms with E-state index in [2.05, 4.69) is 15.9 Å². The molecular weight excluding hydrogens is 334 g/mol. The van der Waals surface area contributed by atoms with E-state index in [0.717, 1.165) is 22.2 Å². The Morgan fingerprint density at radius 1 is 1.11 bits per heavy atom. The molecule has 0 spiro atoms. The second-order valence-electron chi connectivity index (χ2n) is 4.35. The van der Waals surface area contributed by atoms with Gasteiger partial charge in [0.1, 0.15) is 11.6 Å². The van der Waals surface area contributed by atoms with Gasteiger partial charge in [-0.1, -0.05) is 28.1 Å². The van der Waals surface area contributed by atoms with Crippen molar-refractivity contribution in [2.45, 2.75) is 12.3 Å². The van der Waals surface area contributed by atoms with Gasteiger partial charge < -0.3 is 0 Å². The Morgan fingerprint density at radius 2 is 1.89 bits per heavy atom. The Morgan fingerprint density at radius 3 is 2.58 bits per heavy atom. The first-order valence-corrected chi connectivity index (χ1v) is 7.18. The van der Waals surface area contributed by atoms with Gasteiger partial charge in [-0.05, 0) is 47.9 Å². The first-order chi connectivity index (χ1) is 9.10. The molecule has 2 aromatic carbocycles. The number of rotatable bonds is 4. The molecule has 100 valence electrons. The highest BCUT2D eigenvalue weighted by molar-refractivity contribution is 9.10. The smallest absolute Gasteiger partial charge is 0.126 e. The van der Waals surface area contributed by atoms with E-state index in [9.17, 15) is 8.78 Å². The summed E-state index contributed by atoms with van der Waals surface area (Å²) in [5, 5.41) is 0. The van der Waals surface area contributed by atoms with E-state index in [4.69, 9.17) is 11.6 Å². The van der Waals surface area contributed by atoms with Crippen molar-refractivity contribution in [2.24, 2.45) is 0 Å². The third kappa shape index (κ3) is 3.77. The molecule has 1 unspecified atom stereocenters. The van der Waals surface area contributed by atoms with Crippen molar-refractivity contribution in [3.8, 4) is 0 Å². The molecule has 2 aromatic rings. The molecule has 0 aliphatic heterocycles. The van der Waals surface area contributed by atoms with Crippen LogP contribution in [0.15, 0.2) is 46.9 Å². The monoisotopic (exact) mass is 344 g/mol. The summed E-state index contributed by atoms with van der Waals surface area (Å²) in [6.07, 6.45) is 0.379. The molecule has 0 heterocycles. The lowest BCUT2D eigenvalue weighted by molar-refractivity contribution is 0.576. The highest BCUT2D eigenvalue weighted by Gasteiger charge is 2.14. The van der Waals surface area contributed by atoms with Gasteiger partial charge in [0.05, 0.1) is 0 Å². The summed E-state index contributed by atoms with van der Waals surface area (Å²) < 4.78 is 27.7. The van der Waals surface area contributed by atoms with Crippen molar-refractivity contribution in [1.82, 2.24) is 0 Å². The Labute approximate surface area is 124 Å². The summed E-state index contributed by atoms with van der Waals surface area (Å²) >= 11 is 9.36. The van der Waals surface area contributed by atoms with Gasteiger partial charge in [0.2, 0.25) is 0 Å². The van der Waals surface area contributed by atoms with Crippen LogP contribution in [0.1, 0.15) is 17.0 Å². The Balaban J connectivity index is 2.26. The third-order valence-electron chi connectivity index (χ3n) is 2.98. The minimum absolute atomic E-state index is 0.0459. The number of hydrogen-bond donors (Lipinski definition) is 0. The van der Waals surface area contributed by atoms with Crippen molar-refractivity contribution in [2.75, 3.05) is 5.88 Å². The van der Waals surface area contributed by atoms with Gasteiger partial charge in [0, 0.05) is 16.3 Å². The quantitative estimate of drug-likeness (QED) is 0.660. The van der Waals surface area contributed by atoms with Crippen molar-refractivity contribution < 1.29 is 8.78 Å². The van der Waals surface area contributed by atoms with Crippen LogP contribution in [0.3, 0.4) is 0 Å². The van der Waals surface area contributed by atoms with Gasteiger partial charge in [-0.15, -0.1) is 11.6 Å². The molecule has 4 heteroatoms. The molecule has 2 rings (SSSR count). The molecule has 0 aliphatic rings. The van der Waals surface area contributed by atoms with E-state index in [0.29, 0.717) is 17.9 Å². The largest absolute Gasteiger partial charge is 0.207 e. The molecule has 0 nitrogen and oxygen atoms in total. The fraction of sp³-hybridized carbons (Fsp3) is 0.200. The van der Waals surface area contributed by atoms with Gasteiger partial charge in [-0.3, -0.25) is 0 Å². The van der Waals surface area contributed by atoms with E-state index < -0.39 is 11.6 Å². The molecule has 0 aliphatic carbocycles. The Kier molecular flexibility index (Phi) is 4.94. The molecule has 0 saturated heterocycles. The summed E-state index contributed by atoms with van der Waals surface area (Å²) in [5.41, 5.74) is 1.36. The molecule has 0 bridgehead atoms. The van der Waals surface area contributed by atoms with Crippen LogP contribution in [0.25, 0.3) is 0 Å². The second kappa shape index (κ2) is 6.49. The van der Waals surface area contributed by atoms with Crippen LogP contribution in [0, 0.1) is 11.6 Å². The van der Waals surface area contributed by atoms with Crippen molar-refractivity contribution in [1.29, 1.82) is 0 Å². The molecule has 0 amide bonds. The average molecular weight is 346 g/mol. The lowest BCUT2D eigenvalue weighted by Gasteiger charge is -2.15. The van der Waals surface area contributed by atoms with Crippen LogP contribution in [0.5, 0.6) is 0 Å². The molecule has 0 saturated carbocycles. The maximum atomic E-state index is 13.6. The van der Waals surface area contributed by atoms with Crippen molar-refractivity contribution >= 4 is 27.5 Å². The van der Waals surface area contributed by atoms with Crippen LogP contribution in [0.2, 0.25) is 0 Å². The first kappa shape index (κ1) is 14.5. The zero-order chi connectivity index (χ0) is 13.8. The number of alkyl halides is 1. The maximum absolute atomic E-state index is 13.6. The summed E-state index contributed by atoms with van der Waals surface area (Å²) in [6, 6.07) is 11.2. The highest BCUT2D eigenvalue weighted by Crippen LogP contribution is 2.26. The zero-order valence-corrected chi connectivity index (χ0v) is 12.4. The van der Waals surface area contributed by atoms with E-state index >= 15 is 0 Å². The second-order valence-corrected chi connectivity index (χ2v) is 5.57. The number of halogens is 4. The number of benzene rings is 2. The lowest BCUT2D eigenvalue weighted by Crippen LogP contribution is -2.06. The fourth-order valence-electron chi connectivity index (χ4n) is 1.99. The molecule has 0 fully saturated rings. The van der Waals surface area contributed by atoms with Gasteiger partial charge in [0.15, 0.2) is 0 Å². The Hall–Kier alpha value is -0.930. The number of hydrogen-bond acceptors (Lipinski definition) is 0. The summed E-state index contributed by atoms with van der Waals surface area (Å²) in [6.45, 7) is 0. The van der Waals surface area contributed by atoms with Crippen LogP contribution >= 0.6 is 27.5 Å². The molecule has 0 aromatic heterocycles. The Bertz CT molecular complexity index is 572. The fourth-order valence-corrected chi connectivity index (χ4v) is 2.69. The highest BCUT2D eigenvalue weighted by atomic mass is 79.9. The van der Waals surface area contributed by atoms with Crippen LogP contribution in [-0.4, -0.2) is 5.88 Å². The standard InChI is InChI=1S/C15H12BrClF2/c16-13-3-1-2-10(7-13)12(9-17)6-11-8-14(18)4-5-15(11)19/h1-5,7-8,12H,6,9H2. The predicted molar refractivity (Wildman–Crippen MR) is 77.7 cm³/mol. The predicted octanol–water partition coefficient (Wildman–Crippen LogP) is 5.29. The molecule has 19 heavy (non-hydrogen) atoms. The minimum Gasteiger partial charge on any atom is -0.207 e. The summed E-state index contributed by atoms with van der Waals surface area (Å²) in [5.74, 6) is -0.521. The van der Waals surface area contributed by atoms with Gasteiger partial charge >= 0.3 is 0 Å². The molecule has 0 radical (unpaired) electrons. The van der Waals surface area contributed by atoms with Gasteiger partial charge in [-0.2, -0.15) is 0 Å². The van der Waals surface area contributed by atoms with E-state index in [1.54, 1.807) is 0 Å². The van der Waals surface area contributed by atoms with E-state index in [-0.39, 0.29) is 5.92 Å². The zero-order valence-electron chi connectivity index (χ0n) is 10.0.